The third kappa shape index (κ3) is 3.52. The largest absolute Gasteiger partial charge is 0.460 e. The van der Waals surface area contributed by atoms with Gasteiger partial charge in [0.25, 0.3) is 5.56 Å². The van der Waals surface area contributed by atoms with Crippen LogP contribution in [0.3, 0.4) is 0 Å². The summed E-state index contributed by atoms with van der Waals surface area (Å²) >= 11 is 0. The average molecular weight is 387 g/mol. The van der Waals surface area contributed by atoms with Crippen LogP contribution in [0, 0.1) is 5.92 Å². The molecule has 7 heteroatoms. The molecule has 2 unspecified atom stereocenters. The summed E-state index contributed by atoms with van der Waals surface area (Å²) in [7, 11) is 0. The van der Waals surface area contributed by atoms with E-state index in [2.05, 4.69) is 4.98 Å². The highest BCUT2D eigenvalue weighted by Crippen LogP contribution is 2.51. The van der Waals surface area contributed by atoms with E-state index in [1.165, 1.54) is 18.2 Å². The van der Waals surface area contributed by atoms with E-state index in [1.54, 1.807) is 18.2 Å². The van der Waals surface area contributed by atoms with Crippen LogP contribution in [-0.4, -0.2) is 11.0 Å². The highest BCUT2D eigenvalue weighted by molar-refractivity contribution is 5.79. The number of ether oxygens (including phenoxy) is 1. The zero-order valence-corrected chi connectivity index (χ0v) is 14.6. The predicted octanol–water partition coefficient (Wildman–Crippen LogP) is 4.39. The molecule has 144 valence electrons. The second kappa shape index (κ2) is 6.82. The first-order chi connectivity index (χ1) is 13.3. The Labute approximate surface area is 158 Å². The molecule has 4 rings (SSSR count). The number of rotatable bonds is 4. The Morgan fingerprint density at radius 1 is 1.11 bits per heavy atom. The van der Waals surface area contributed by atoms with Crippen LogP contribution >= 0.6 is 0 Å². The first-order valence-electron chi connectivity index (χ1n) is 8.78. The van der Waals surface area contributed by atoms with E-state index in [4.69, 9.17) is 4.74 Å². The lowest BCUT2D eigenvalue weighted by Crippen LogP contribution is -2.16. The fourth-order valence-electron chi connectivity index (χ4n) is 3.43. The minimum atomic E-state index is -4.47. The summed E-state index contributed by atoms with van der Waals surface area (Å²) < 4.78 is 44.7. The molecule has 1 N–H and O–H groups in total. The second-order valence-electron chi connectivity index (χ2n) is 6.85. The molecule has 1 aromatic heterocycles. The van der Waals surface area contributed by atoms with Crippen molar-refractivity contribution in [3.8, 4) is 0 Å². The molecule has 0 amide bonds. The van der Waals surface area contributed by atoms with Crippen LogP contribution in [0.25, 0.3) is 10.9 Å². The number of para-hydroxylation sites is 1. The first-order valence-corrected chi connectivity index (χ1v) is 8.78. The molecule has 1 aliphatic rings. The number of esters is 1. The van der Waals surface area contributed by atoms with E-state index < -0.39 is 29.5 Å². The Hall–Kier alpha value is -3.09. The first kappa shape index (κ1) is 18.3. The Morgan fingerprint density at radius 3 is 2.61 bits per heavy atom. The summed E-state index contributed by atoms with van der Waals surface area (Å²) in [6, 6.07) is 14.1. The third-order valence-electron chi connectivity index (χ3n) is 4.96. The zero-order chi connectivity index (χ0) is 19.9. The molecule has 0 radical (unpaired) electrons. The van der Waals surface area contributed by atoms with Crippen LogP contribution in [0.5, 0.6) is 0 Å². The summed E-state index contributed by atoms with van der Waals surface area (Å²) in [5.41, 5.74) is -0.00317. The molecule has 0 bridgehead atoms. The summed E-state index contributed by atoms with van der Waals surface area (Å²) in [6.45, 7) is -0.219. The number of nitrogens with one attached hydrogen (secondary N) is 1. The van der Waals surface area contributed by atoms with Crippen LogP contribution in [0.1, 0.15) is 29.0 Å². The molecule has 1 fully saturated rings. The highest BCUT2D eigenvalue weighted by Gasteiger charge is 2.48. The van der Waals surface area contributed by atoms with Gasteiger partial charge in [0.15, 0.2) is 0 Å². The average Bonchev–Trinajstić information content (AvgIpc) is 3.46. The summed E-state index contributed by atoms with van der Waals surface area (Å²) in [6.07, 6.45) is -4.16. The topological polar surface area (TPSA) is 59.2 Å². The lowest BCUT2D eigenvalue weighted by molar-refractivity contribution is -0.147. The number of aromatic nitrogens is 1. The molecule has 3 aromatic rings. The minimum Gasteiger partial charge on any atom is -0.460 e. The molecule has 4 nitrogen and oxygen atoms in total. The van der Waals surface area contributed by atoms with Crippen LogP contribution in [0.4, 0.5) is 13.2 Å². The SMILES string of the molecule is O=C(OCc1cc2ccccc2[nH]c1=O)C1CC1c1ccccc1C(F)(F)F. The lowest BCUT2D eigenvalue weighted by Gasteiger charge is -2.12. The van der Waals surface area contributed by atoms with Crippen LogP contribution in [0.2, 0.25) is 0 Å². The Balaban J connectivity index is 1.46. The van der Waals surface area contributed by atoms with Gasteiger partial charge >= 0.3 is 12.1 Å². The van der Waals surface area contributed by atoms with E-state index in [9.17, 15) is 22.8 Å². The van der Waals surface area contributed by atoms with Crippen LogP contribution in [0.15, 0.2) is 59.4 Å². The highest BCUT2D eigenvalue weighted by atomic mass is 19.4. The number of hydrogen-bond acceptors (Lipinski definition) is 3. The van der Waals surface area contributed by atoms with Gasteiger partial charge in [-0.25, -0.2) is 0 Å². The van der Waals surface area contributed by atoms with Gasteiger partial charge in [0.05, 0.1) is 17.0 Å². The summed E-state index contributed by atoms with van der Waals surface area (Å²) in [5.74, 6) is -1.72. The van der Waals surface area contributed by atoms with Gasteiger partial charge in [-0.05, 0) is 41.5 Å². The standard InChI is InChI=1S/C21H16F3NO3/c22-21(23,24)17-7-3-2-6-14(17)15-10-16(15)20(27)28-11-13-9-12-5-1-4-8-18(12)25-19(13)26/h1-9,15-16H,10-11H2,(H,25,26). The number of H-pyrrole nitrogens is 1. The second-order valence-corrected chi connectivity index (χ2v) is 6.85. The number of fused-ring (bicyclic) bond motifs is 1. The fraction of sp³-hybridized carbons (Fsp3) is 0.238. The molecule has 1 saturated carbocycles. The Bertz CT molecular complexity index is 1100. The summed E-state index contributed by atoms with van der Waals surface area (Å²) in [4.78, 5) is 27.1. The normalized spacial score (nSPS) is 18.8. The zero-order valence-electron chi connectivity index (χ0n) is 14.6. The van der Waals surface area contributed by atoms with Gasteiger partial charge in [0, 0.05) is 5.52 Å². The molecular weight excluding hydrogens is 371 g/mol. The molecule has 1 aliphatic carbocycles. The molecule has 28 heavy (non-hydrogen) atoms. The summed E-state index contributed by atoms with van der Waals surface area (Å²) in [5, 5.41) is 0.802. The Morgan fingerprint density at radius 2 is 1.82 bits per heavy atom. The minimum absolute atomic E-state index is 0.112. The molecular formula is C21H16F3NO3. The number of carbonyl (C=O) groups is 1. The number of halogens is 3. The monoisotopic (exact) mass is 387 g/mol. The van der Waals surface area contributed by atoms with E-state index in [1.807, 2.05) is 12.1 Å². The molecule has 2 aromatic carbocycles. The van der Waals surface area contributed by atoms with Crippen molar-refractivity contribution in [1.29, 1.82) is 0 Å². The molecule has 0 saturated heterocycles. The van der Waals surface area contributed by atoms with Crippen molar-refractivity contribution >= 4 is 16.9 Å². The van der Waals surface area contributed by atoms with Crippen molar-refractivity contribution < 1.29 is 22.7 Å². The quantitative estimate of drug-likeness (QED) is 0.676. The van der Waals surface area contributed by atoms with Gasteiger partial charge in [-0.15, -0.1) is 0 Å². The number of aromatic amines is 1. The number of carbonyl (C=O) groups excluding carboxylic acids is 1. The van der Waals surface area contributed by atoms with E-state index in [0.29, 0.717) is 17.5 Å². The van der Waals surface area contributed by atoms with Crippen molar-refractivity contribution in [3.63, 3.8) is 0 Å². The number of pyridine rings is 1. The van der Waals surface area contributed by atoms with Crippen LogP contribution < -0.4 is 5.56 Å². The van der Waals surface area contributed by atoms with E-state index in [0.717, 1.165) is 11.5 Å². The van der Waals surface area contributed by atoms with Crippen LogP contribution in [-0.2, 0) is 22.3 Å². The molecule has 1 heterocycles. The molecule has 0 spiro atoms. The smallest absolute Gasteiger partial charge is 0.416 e. The van der Waals surface area contributed by atoms with Gasteiger partial charge < -0.3 is 9.72 Å². The van der Waals surface area contributed by atoms with Crippen molar-refractivity contribution in [2.75, 3.05) is 0 Å². The third-order valence-corrected chi connectivity index (χ3v) is 4.96. The van der Waals surface area contributed by atoms with Gasteiger partial charge in [-0.2, -0.15) is 13.2 Å². The fourth-order valence-corrected chi connectivity index (χ4v) is 3.43. The Kier molecular flexibility index (Phi) is 4.45. The van der Waals surface area contributed by atoms with E-state index >= 15 is 0 Å². The maximum atomic E-state index is 13.2. The number of alkyl halides is 3. The van der Waals surface area contributed by atoms with Gasteiger partial charge in [0.2, 0.25) is 0 Å². The van der Waals surface area contributed by atoms with Crippen molar-refractivity contribution in [2.45, 2.75) is 25.1 Å². The van der Waals surface area contributed by atoms with Crippen molar-refractivity contribution in [2.24, 2.45) is 5.92 Å². The van der Waals surface area contributed by atoms with Gasteiger partial charge in [0.1, 0.15) is 6.61 Å². The van der Waals surface area contributed by atoms with Gasteiger partial charge in [-0.3, -0.25) is 9.59 Å². The number of hydrogen-bond donors (Lipinski definition) is 1. The molecule has 0 aliphatic heterocycles. The van der Waals surface area contributed by atoms with Crippen molar-refractivity contribution in [3.05, 3.63) is 81.6 Å². The van der Waals surface area contributed by atoms with Gasteiger partial charge in [-0.1, -0.05) is 36.4 Å². The van der Waals surface area contributed by atoms with E-state index in [-0.39, 0.29) is 17.7 Å². The lowest BCUT2D eigenvalue weighted by atomic mass is 10.0. The number of benzene rings is 2. The molecule has 2 atom stereocenters. The van der Waals surface area contributed by atoms with Crippen molar-refractivity contribution in [1.82, 2.24) is 4.98 Å². The maximum absolute atomic E-state index is 13.2. The maximum Gasteiger partial charge on any atom is 0.416 e. The predicted molar refractivity (Wildman–Crippen MR) is 96.7 cm³/mol.